The van der Waals surface area contributed by atoms with Gasteiger partial charge < -0.3 is 15.0 Å². The number of hydrogen-bond acceptors (Lipinski definition) is 3. The second-order valence-electron chi connectivity index (χ2n) is 6.48. The molecule has 3 rings (SSSR count). The molecule has 5 nitrogen and oxygen atoms in total. The van der Waals surface area contributed by atoms with Gasteiger partial charge in [0.25, 0.3) is 0 Å². The van der Waals surface area contributed by atoms with Crippen LogP contribution in [0.15, 0.2) is 48.5 Å². The van der Waals surface area contributed by atoms with E-state index < -0.39 is 0 Å². The minimum absolute atomic E-state index is 0.0833. The van der Waals surface area contributed by atoms with Crippen molar-refractivity contribution in [2.24, 2.45) is 5.92 Å². The Bertz CT molecular complexity index is 825. The van der Waals surface area contributed by atoms with Crippen LogP contribution >= 0.6 is 11.6 Å². The lowest BCUT2D eigenvalue weighted by Crippen LogP contribution is -2.33. The van der Waals surface area contributed by atoms with Gasteiger partial charge >= 0.3 is 0 Å². The van der Waals surface area contributed by atoms with Crippen LogP contribution in [0.25, 0.3) is 0 Å². The summed E-state index contributed by atoms with van der Waals surface area (Å²) in [7, 11) is 0. The Hall–Kier alpha value is -2.37. The Kier molecular flexibility index (Phi) is 6.48. The van der Waals surface area contributed by atoms with Crippen LogP contribution in [-0.2, 0) is 27.5 Å². The molecule has 27 heavy (non-hydrogen) atoms. The van der Waals surface area contributed by atoms with Gasteiger partial charge in [0.05, 0.1) is 23.2 Å². The fourth-order valence-electron chi connectivity index (χ4n) is 3.20. The van der Waals surface area contributed by atoms with Crippen molar-refractivity contribution >= 4 is 29.1 Å². The Balaban J connectivity index is 1.61. The number of hydrogen-bond donors (Lipinski definition) is 1. The highest BCUT2D eigenvalue weighted by atomic mass is 35.5. The van der Waals surface area contributed by atoms with E-state index in [1.165, 1.54) is 0 Å². The Morgan fingerprint density at radius 1 is 1.19 bits per heavy atom. The number of rotatable bonds is 7. The Morgan fingerprint density at radius 2 is 1.89 bits per heavy atom. The van der Waals surface area contributed by atoms with Crippen molar-refractivity contribution in [1.29, 1.82) is 0 Å². The van der Waals surface area contributed by atoms with Crippen LogP contribution < -0.4 is 10.2 Å². The van der Waals surface area contributed by atoms with Gasteiger partial charge in [-0.05, 0) is 30.2 Å². The van der Waals surface area contributed by atoms with Crippen molar-refractivity contribution in [3.05, 3.63) is 64.7 Å². The molecule has 2 amide bonds. The molecular weight excluding hydrogens is 364 g/mol. The molecule has 1 N–H and O–H groups in total. The molecule has 2 aromatic rings. The van der Waals surface area contributed by atoms with Crippen molar-refractivity contribution in [2.75, 3.05) is 18.1 Å². The number of benzene rings is 2. The minimum atomic E-state index is -0.382. The van der Waals surface area contributed by atoms with E-state index in [1.54, 1.807) is 17.0 Å². The van der Waals surface area contributed by atoms with Crippen LogP contribution in [0.4, 0.5) is 5.69 Å². The summed E-state index contributed by atoms with van der Waals surface area (Å²) < 4.78 is 5.48. The quantitative estimate of drug-likeness (QED) is 0.791. The number of nitrogens with zero attached hydrogens (tertiary/aromatic N) is 1. The molecule has 0 unspecified atom stereocenters. The van der Waals surface area contributed by atoms with Gasteiger partial charge in [0.1, 0.15) is 0 Å². The monoisotopic (exact) mass is 386 g/mol. The van der Waals surface area contributed by atoms with Crippen molar-refractivity contribution < 1.29 is 14.3 Å². The first-order chi connectivity index (χ1) is 13.1. The van der Waals surface area contributed by atoms with Crippen LogP contribution in [-0.4, -0.2) is 25.0 Å². The van der Waals surface area contributed by atoms with Crippen molar-refractivity contribution in [3.63, 3.8) is 0 Å². The topological polar surface area (TPSA) is 58.6 Å². The zero-order chi connectivity index (χ0) is 19.2. The van der Waals surface area contributed by atoms with Gasteiger partial charge in [-0.1, -0.05) is 48.0 Å². The van der Waals surface area contributed by atoms with E-state index >= 15 is 0 Å². The van der Waals surface area contributed by atoms with Gasteiger partial charge in [-0.15, -0.1) is 0 Å². The number of carbonyl (C=O) groups is 2. The highest BCUT2D eigenvalue weighted by molar-refractivity contribution is 6.33. The number of anilines is 1. The average molecular weight is 387 g/mol. The van der Waals surface area contributed by atoms with E-state index in [4.69, 9.17) is 16.3 Å². The van der Waals surface area contributed by atoms with Crippen LogP contribution in [0.3, 0.4) is 0 Å². The number of nitrogens with one attached hydrogen (secondary N) is 1. The number of halogens is 1. The van der Waals surface area contributed by atoms with Crippen LogP contribution in [0.5, 0.6) is 0 Å². The molecule has 0 spiro atoms. The third kappa shape index (κ3) is 4.67. The summed E-state index contributed by atoms with van der Waals surface area (Å²) in [6.45, 7) is 3.87. The lowest BCUT2D eigenvalue weighted by Gasteiger charge is -2.18. The minimum Gasteiger partial charge on any atom is -0.377 e. The summed E-state index contributed by atoms with van der Waals surface area (Å²) in [6.07, 6.45) is 0.192. The lowest BCUT2D eigenvalue weighted by molar-refractivity contribution is -0.126. The van der Waals surface area contributed by atoms with Crippen LogP contribution in [0.2, 0.25) is 5.02 Å². The summed E-state index contributed by atoms with van der Waals surface area (Å²) >= 11 is 6.19. The molecule has 142 valence electrons. The summed E-state index contributed by atoms with van der Waals surface area (Å²) in [5.74, 6) is -0.586. The van der Waals surface area contributed by atoms with Crippen LogP contribution in [0, 0.1) is 5.92 Å². The van der Waals surface area contributed by atoms with Gasteiger partial charge in [0.15, 0.2) is 0 Å². The molecule has 1 heterocycles. The molecule has 0 saturated carbocycles. The highest BCUT2D eigenvalue weighted by Gasteiger charge is 2.35. The predicted octanol–water partition coefficient (Wildman–Crippen LogP) is 3.55. The summed E-state index contributed by atoms with van der Waals surface area (Å²) in [4.78, 5) is 26.5. The van der Waals surface area contributed by atoms with Gasteiger partial charge in [0.2, 0.25) is 11.8 Å². The van der Waals surface area contributed by atoms with Crippen molar-refractivity contribution in [2.45, 2.75) is 26.5 Å². The largest absolute Gasteiger partial charge is 0.377 e. The van der Waals surface area contributed by atoms with Crippen LogP contribution in [0.1, 0.15) is 24.5 Å². The van der Waals surface area contributed by atoms with Gasteiger partial charge in [-0.2, -0.15) is 0 Å². The highest BCUT2D eigenvalue weighted by Crippen LogP contribution is 2.31. The fourth-order valence-corrected chi connectivity index (χ4v) is 3.43. The number of para-hydroxylation sites is 1. The Morgan fingerprint density at radius 3 is 2.63 bits per heavy atom. The normalized spacial score (nSPS) is 16.6. The van der Waals surface area contributed by atoms with E-state index in [-0.39, 0.29) is 24.2 Å². The molecule has 0 aliphatic carbocycles. The molecule has 6 heteroatoms. The maximum absolute atomic E-state index is 12.6. The van der Waals surface area contributed by atoms with Crippen molar-refractivity contribution in [1.82, 2.24) is 5.32 Å². The summed E-state index contributed by atoms with van der Waals surface area (Å²) in [5.41, 5.74) is 2.73. The van der Waals surface area contributed by atoms with Gasteiger partial charge in [0, 0.05) is 26.1 Å². The standard InChI is InChI=1S/C21H23ClN2O3/c1-2-27-14-16-8-4-3-7-15(16)12-23-21(26)17-11-20(25)24(13-17)19-10-6-5-9-18(19)22/h3-10,17H,2,11-14H2,1H3,(H,23,26)/t17-/m0/s1. The fraction of sp³-hybridized carbons (Fsp3) is 0.333. The first-order valence-electron chi connectivity index (χ1n) is 9.07. The second-order valence-corrected chi connectivity index (χ2v) is 6.89. The number of ether oxygens (including phenoxy) is 1. The van der Waals surface area contributed by atoms with Crippen molar-refractivity contribution in [3.8, 4) is 0 Å². The van der Waals surface area contributed by atoms with Gasteiger partial charge in [-0.3, -0.25) is 9.59 Å². The van der Waals surface area contributed by atoms with E-state index in [9.17, 15) is 9.59 Å². The average Bonchev–Trinajstić information content (AvgIpc) is 3.07. The molecule has 1 fully saturated rings. The maximum Gasteiger partial charge on any atom is 0.227 e. The molecule has 0 aromatic heterocycles. The third-order valence-electron chi connectivity index (χ3n) is 4.67. The Labute approximate surface area is 164 Å². The molecule has 1 atom stereocenters. The molecule has 1 aliphatic heterocycles. The maximum atomic E-state index is 12.6. The molecule has 0 bridgehead atoms. The predicted molar refractivity (Wildman–Crippen MR) is 106 cm³/mol. The lowest BCUT2D eigenvalue weighted by atomic mass is 10.1. The third-order valence-corrected chi connectivity index (χ3v) is 4.99. The first-order valence-corrected chi connectivity index (χ1v) is 9.45. The summed E-state index contributed by atoms with van der Waals surface area (Å²) in [6, 6.07) is 15.1. The second kappa shape index (κ2) is 9.02. The SMILES string of the molecule is CCOCc1ccccc1CNC(=O)[C@H]1CC(=O)N(c2ccccc2Cl)C1. The molecule has 1 saturated heterocycles. The molecule has 0 radical (unpaired) electrons. The zero-order valence-corrected chi connectivity index (χ0v) is 16.0. The van der Waals surface area contributed by atoms with E-state index in [0.717, 1.165) is 11.1 Å². The van der Waals surface area contributed by atoms with E-state index in [1.807, 2.05) is 43.3 Å². The molecular formula is C21H23ClN2O3. The summed E-state index contributed by atoms with van der Waals surface area (Å²) in [5, 5.41) is 3.47. The first kappa shape index (κ1) is 19.4. The molecule has 1 aliphatic rings. The van der Waals surface area contributed by atoms with Gasteiger partial charge in [-0.25, -0.2) is 0 Å². The van der Waals surface area contributed by atoms with E-state index in [0.29, 0.717) is 37.0 Å². The number of amides is 2. The smallest absolute Gasteiger partial charge is 0.227 e. The zero-order valence-electron chi connectivity index (χ0n) is 15.3. The van der Waals surface area contributed by atoms with E-state index in [2.05, 4.69) is 5.32 Å². The molecule has 2 aromatic carbocycles. The number of carbonyl (C=O) groups excluding carboxylic acids is 2.